The van der Waals surface area contributed by atoms with Crippen LogP contribution in [0.25, 0.3) is 0 Å². The van der Waals surface area contributed by atoms with Crippen molar-refractivity contribution in [3.63, 3.8) is 0 Å². The van der Waals surface area contributed by atoms with Crippen LogP contribution in [0.4, 0.5) is 10.7 Å². The van der Waals surface area contributed by atoms with E-state index in [2.05, 4.69) is 9.97 Å². The second kappa shape index (κ2) is 6.60. The highest BCUT2D eigenvalue weighted by Crippen LogP contribution is 2.16. The number of fused-ring (bicyclic) bond motifs is 1. The number of rotatable bonds is 4. The minimum atomic E-state index is -0.331. The van der Waals surface area contributed by atoms with Crippen molar-refractivity contribution in [1.29, 1.82) is 0 Å². The highest BCUT2D eigenvalue weighted by molar-refractivity contribution is 5.68. The van der Waals surface area contributed by atoms with E-state index in [1.807, 2.05) is 21.0 Å². The van der Waals surface area contributed by atoms with Crippen molar-refractivity contribution in [3.05, 3.63) is 21.6 Å². The van der Waals surface area contributed by atoms with Gasteiger partial charge in [0.05, 0.1) is 18.8 Å². The molecule has 0 aliphatic carbocycles. The highest BCUT2D eigenvalue weighted by Gasteiger charge is 2.25. The number of amides is 1. The van der Waals surface area contributed by atoms with E-state index in [4.69, 9.17) is 4.74 Å². The number of aromatic nitrogens is 2. The van der Waals surface area contributed by atoms with Gasteiger partial charge in [0.1, 0.15) is 0 Å². The fourth-order valence-corrected chi connectivity index (χ4v) is 2.19. The lowest BCUT2D eigenvalue weighted by atomic mass is 10.1. The van der Waals surface area contributed by atoms with Crippen LogP contribution in [0.15, 0.2) is 4.79 Å². The van der Waals surface area contributed by atoms with Gasteiger partial charge in [0.25, 0.3) is 5.56 Å². The Morgan fingerprint density at radius 2 is 2.24 bits per heavy atom. The Hall–Kier alpha value is -2.05. The summed E-state index contributed by atoms with van der Waals surface area (Å²) in [4.78, 5) is 34.5. The quantitative estimate of drug-likeness (QED) is 0.842. The lowest BCUT2D eigenvalue weighted by Crippen LogP contribution is -2.40. The van der Waals surface area contributed by atoms with Crippen molar-refractivity contribution in [1.82, 2.24) is 14.9 Å². The number of aromatic amines is 1. The van der Waals surface area contributed by atoms with Crippen molar-refractivity contribution >= 4 is 12.0 Å². The molecule has 7 nitrogen and oxygen atoms in total. The number of hydrogen-bond acceptors (Lipinski definition) is 5. The third kappa shape index (κ3) is 3.53. The Morgan fingerprint density at radius 3 is 2.90 bits per heavy atom. The Kier molecular flexibility index (Phi) is 4.82. The first-order valence-corrected chi connectivity index (χ1v) is 7.24. The van der Waals surface area contributed by atoms with E-state index >= 15 is 0 Å². The van der Waals surface area contributed by atoms with Gasteiger partial charge >= 0.3 is 6.09 Å². The van der Waals surface area contributed by atoms with Gasteiger partial charge in [-0.1, -0.05) is 13.3 Å². The molecule has 0 bridgehead atoms. The minimum absolute atomic E-state index is 0.122. The molecule has 1 aromatic rings. The van der Waals surface area contributed by atoms with Gasteiger partial charge < -0.3 is 14.5 Å². The van der Waals surface area contributed by atoms with Gasteiger partial charge in [0.15, 0.2) is 0 Å². The molecule has 1 aliphatic heterocycles. The maximum atomic E-state index is 12.0. The number of carbonyl (C=O) groups is 1. The number of nitrogens with zero attached hydrogens (tertiary/aromatic N) is 3. The van der Waals surface area contributed by atoms with Crippen molar-refractivity contribution in [2.24, 2.45) is 0 Å². The number of carbonyl (C=O) groups excluding carboxylic acids is 1. The summed E-state index contributed by atoms with van der Waals surface area (Å²) in [7, 11) is 3.62. The van der Waals surface area contributed by atoms with Crippen LogP contribution < -0.4 is 10.5 Å². The fraction of sp³-hybridized carbons (Fsp3) is 0.643. The lowest BCUT2D eigenvalue weighted by molar-refractivity contribution is 0.0959. The van der Waals surface area contributed by atoms with Crippen LogP contribution in [0.5, 0.6) is 0 Å². The van der Waals surface area contributed by atoms with Gasteiger partial charge in [0.2, 0.25) is 5.95 Å². The lowest BCUT2D eigenvalue weighted by Gasteiger charge is -2.27. The molecule has 0 radical (unpaired) electrons. The van der Waals surface area contributed by atoms with Crippen molar-refractivity contribution < 1.29 is 9.53 Å². The SMILES string of the molecule is CCCCOC(=O)N1CCc2c(nc(N(C)C)[nH]c2=O)C1. The van der Waals surface area contributed by atoms with Crippen LogP contribution in [0, 0.1) is 0 Å². The molecule has 7 heteroatoms. The summed E-state index contributed by atoms with van der Waals surface area (Å²) >= 11 is 0. The summed E-state index contributed by atoms with van der Waals surface area (Å²) in [6.07, 6.45) is 2.02. The molecular weight excluding hydrogens is 272 g/mol. The van der Waals surface area contributed by atoms with Gasteiger partial charge in [-0.25, -0.2) is 9.78 Å². The summed E-state index contributed by atoms with van der Waals surface area (Å²) in [6.45, 7) is 3.30. The third-order valence-electron chi connectivity index (χ3n) is 3.47. The molecule has 0 saturated carbocycles. The molecule has 2 heterocycles. The van der Waals surface area contributed by atoms with Gasteiger partial charge in [-0.15, -0.1) is 0 Å². The zero-order chi connectivity index (χ0) is 15.4. The first-order chi connectivity index (χ1) is 10.0. The van der Waals surface area contributed by atoms with Crippen LogP contribution in [0.2, 0.25) is 0 Å². The minimum Gasteiger partial charge on any atom is -0.449 e. The predicted molar refractivity (Wildman–Crippen MR) is 79.6 cm³/mol. The first kappa shape index (κ1) is 15.3. The molecule has 0 atom stereocenters. The molecule has 2 rings (SSSR count). The average Bonchev–Trinajstić information content (AvgIpc) is 2.46. The summed E-state index contributed by atoms with van der Waals surface area (Å²) in [5.41, 5.74) is 1.20. The van der Waals surface area contributed by atoms with E-state index in [9.17, 15) is 9.59 Å². The van der Waals surface area contributed by atoms with Gasteiger partial charge in [-0.05, 0) is 12.8 Å². The molecular formula is C14H22N4O3. The Balaban J connectivity index is 2.12. The molecule has 0 spiro atoms. The first-order valence-electron chi connectivity index (χ1n) is 7.24. The number of hydrogen-bond donors (Lipinski definition) is 1. The van der Waals surface area contributed by atoms with Crippen LogP contribution in [0.3, 0.4) is 0 Å². The van der Waals surface area contributed by atoms with E-state index in [0.29, 0.717) is 43.3 Å². The molecule has 1 aromatic heterocycles. The summed E-state index contributed by atoms with van der Waals surface area (Å²) in [5, 5.41) is 0. The van der Waals surface area contributed by atoms with Crippen LogP contribution in [0.1, 0.15) is 31.0 Å². The topological polar surface area (TPSA) is 78.5 Å². The zero-order valence-electron chi connectivity index (χ0n) is 12.8. The van der Waals surface area contributed by atoms with Gasteiger partial charge in [0, 0.05) is 26.2 Å². The number of unbranched alkanes of at least 4 members (excludes halogenated alkanes) is 1. The molecule has 1 amide bonds. The smallest absolute Gasteiger partial charge is 0.410 e. The Labute approximate surface area is 123 Å². The standard InChI is InChI=1S/C14H22N4O3/c1-4-5-8-21-14(20)18-7-6-10-11(9-18)15-13(17(2)3)16-12(10)19/h4-9H2,1-3H3,(H,15,16,19). The Morgan fingerprint density at radius 1 is 1.48 bits per heavy atom. The molecule has 1 N–H and O–H groups in total. The maximum Gasteiger partial charge on any atom is 0.410 e. The number of nitrogens with one attached hydrogen (secondary N) is 1. The predicted octanol–water partition coefficient (Wildman–Crippen LogP) is 1.13. The van der Waals surface area contributed by atoms with E-state index in [-0.39, 0.29) is 11.7 Å². The van der Waals surface area contributed by atoms with Crippen molar-refractivity contribution in [3.8, 4) is 0 Å². The van der Waals surface area contributed by atoms with E-state index < -0.39 is 0 Å². The van der Waals surface area contributed by atoms with E-state index in [1.54, 1.807) is 9.80 Å². The molecule has 21 heavy (non-hydrogen) atoms. The van der Waals surface area contributed by atoms with Crippen LogP contribution >= 0.6 is 0 Å². The third-order valence-corrected chi connectivity index (χ3v) is 3.47. The Bertz CT molecular complexity index is 568. The molecule has 0 unspecified atom stereocenters. The number of anilines is 1. The largest absolute Gasteiger partial charge is 0.449 e. The molecule has 0 fully saturated rings. The number of ether oxygens (including phenoxy) is 1. The maximum absolute atomic E-state index is 12.0. The van der Waals surface area contributed by atoms with E-state index in [1.165, 1.54) is 0 Å². The van der Waals surface area contributed by atoms with Gasteiger partial charge in [-0.3, -0.25) is 9.78 Å². The normalized spacial score (nSPS) is 13.8. The van der Waals surface area contributed by atoms with Crippen molar-refractivity contribution in [2.45, 2.75) is 32.7 Å². The van der Waals surface area contributed by atoms with E-state index in [0.717, 1.165) is 12.8 Å². The second-order valence-corrected chi connectivity index (χ2v) is 5.35. The molecule has 0 saturated heterocycles. The number of H-pyrrole nitrogens is 1. The van der Waals surface area contributed by atoms with Crippen LogP contribution in [-0.4, -0.2) is 48.2 Å². The van der Waals surface area contributed by atoms with Gasteiger partial charge in [-0.2, -0.15) is 0 Å². The summed E-state index contributed by atoms with van der Waals surface area (Å²) < 4.78 is 5.21. The molecule has 0 aromatic carbocycles. The zero-order valence-corrected chi connectivity index (χ0v) is 12.8. The fourth-order valence-electron chi connectivity index (χ4n) is 2.19. The monoisotopic (exact) mass is 294 g/mol. The summed E-state index contributed by atoms with van der Waals surface area (Å²) in [5.74, 6) is 0.500. The highest BCUT2D eigenvalue weighted by atomic mass is 16.6. The molecule has 1 aliphatic rings. The molecule has 116 valence electrons. The second-order valence-electron chi connectivity index (χ2n) is 5.35. The average molecular weight is 294 g/mol. The van der Waals surface area contributed by atoms with Crippen molar-refractivity contribution in [2.75, 3.05) is 32.1 Å². The van der Waals surface area contributed by atoms with Crippen LogP contribution in [-0.2, 0) is 17.7 Å². The summed E-state index contributed by atoms with van der Waals surface area (Å²) in [6, 6.07) is 0.